The minimum Gasteiger partial charge on any atom is -0.378 e. The van der Waals surface area contributed by atoms with Crippen molar-refractivity contribution in [3.05, 3.63) is 48.5 Å². The van der Waals surface area contributed by atoms with Gasteiger partial charge in [-0.2, -0.15) is 0 Å². The number of fused-ring (bicyclic) bond motifs is 1. The van der Waals surface area contributed by atoms with E-state index in [4.69, 9.17) is 4.98 Å². The van der Waals surface area contributed by atoms with Gasteiger partial charge >= 0.3 is 0 Å². The lowest BCUT2D eigenvalue weighted by molar-refractivity contribution is -0.127. The van der Waals surface area contributed by atoms with Crippen LogP contribution < -0.4 is 10.2 Å². The summed E-state index contributed by atoms with van der Waals surface area (Å²) in [6, 6.07) is 16.9. The smallest absolute Gasteiger partial charge is 0.243 e. The molecule has 3 aromatic rings. The van der Waals surface area contributed by atoms with Crippen molar-refractivity contribution in [2.45, 2.75) is 76.3 Å². The maximum Gasteiger partial charge on any atom is 0.243 e. The third-order valence-corrected chi connectivity index (χ3v) is 7.81. The first-order valence-electron chi connectivity index (χ1n) is 13.2. The van der Waals surface area contributed by atoms with Crippen LogP contribution in [-0.2, 0) is 4.79 Å². The lowest BCUT2D eigenvalue weighted by atomic mass is 9.82. The molecule has 1 heterocycles. The van der Waals surface area contributed by atoms with Crippen molar-refractivity contribution in [1.29, 1.82) is 0 Å². The fourth-order valence-electron chi connectivity index (χ4n) is 5.98. The number of carbonyl (C=O) groups is 1. The number of nitrogens with one attached hydrogen (secondary N) is 1. The maximum absolute atomic E-state index is 14.0. The van der Waals surface area contributed by atoms with Crippen LogP contribution in [0.2, 0.25) is 0 Å². The van der Waals surface area contributed by atoms with Gasteiger partial charge < -0.3 is 14.8 Å². The molecule has 1 atom stereocenters. The number of amides is 1. The predicted octanol–water partition coefficient (Wildman–Crippen LogP) is 6.34. The summed E-state index contributed by atoms with van der Waals surface area (Å²) in [6.45, 7) is 0. The van der Waals surface area contributed by atoms with Crippen molar-refractivity contribution < 1.29 is 4.79 Å². The number of carbonyl (C=O) groups excluding carboxylic acids is 1. The Labute approximate surface area is 203 Å². The van der Waals surface area contributed by atoms with Crippen LogP contribution in [0, 0.1) is 5.92 Å². The third kappa shape index (κ3) is 4.70. The first-order valence-corrected chi connectivity index (χ1v) is 13.2. The number of anilines is 1. The molecule has 2 aliphatic carbocycles. The molecule has 5 nitrogen and oxygen atoms in total. The summed E-state index contributed by atoms with van der Waals surface area (Å²) in [6.07, 6.45) is 11.8. The second kappa shape index (κ2) is 10.2. The lowest BCUT2D eigenvalue weighted by Gasteiger charge is -2.34. The van der Waals surface area contributed by atoms with E-state index in [1.54, 1.807) is 0 Å². The largest absolute Gasteiger partial charge is 0.378 e. The second-order valence-corrected chi connectivity index (χ2v) is 10.4. The number of benzene rings is 2. The molecular formula is C29H38N4O. The second-order valence-electron chi connectivity index (χ2n) is 10.4. The van der Waals surface area contributed by atoms with Gasteiger partial charge in [-0.05, 0) is 55.9 Å². The monoisotopic (exact) mass is 458 g/mol. The molecule has 1 aromatic heterocycles. The Morgan fingerprint density at radius 1 is 0.941 bits per heavy atom. The Hall–Kier alpha value is -2.82. The van der Waals surface area contributed by atoms with Gasteiger partial charge in [-0.3, -0.25) is 4.79 Å². The molecular weight excluding hydrogens is 420 g/mol. The van der Waals surface area contributed by atoms with Crippen LogP contribution in [0.15, 0.2) is 48.5 Å². The first-order chi connectivity index (χ1) is 16.6. The highest BCUT2D eigenvalue weighted by molar-refractivity contribution is 5.87. The van der Waals surface area contributed by atoms with Gasteiger partial charge in [-0.15, -0.1) is 0 Å². The van der Waals surface area contributed by atoms with Gasteiger partial charge in [-0.1, -0.05) is 62.8 Å². The van der Waals surface area contributed by atoms with Gasteiger partial charge in [0.05, 0.1) is 11.0 Å². The summed E-state index contributed by atoms with van der Waals surface area (Å²) in [7, 11) is 4.12. The number of para-hydroxylation sites is 2. The summed E-state index contributed by atoms with van der Waals surface area (Å²) in [5, 5.41) is 3.48. The van der Waals surface area contributed by atoms with Crippen molar-refractivity contribution in [2.75, 3.05) is 19.0 Å². The molecule has 0 spiro atoms. The SMILES string of the molecule is CN(C)c1cccc(-c2nc3ccccc3n2C(C(=O)NC2CCCCC2)C2CCCCC2)c1. The van der Waals surface area contributed by atoms with Gasteiger partial charge in [-0.25, -0.2) is 4.98 Å². The van der Waals surface area contributed by atoms with E-state index >= 15 is 0 Å². The summed E-state index contributed by atoms with van der Waals surface area (Å²) in [5.41, 5.74) is 4.21. The zero-order valence-corrected chi connectivity index (χ0v) is 20.7. The normalized spacial score (nSPS) is 18.6. The van der Waals surface area contributed by atoms with E-state index < -0.39 is 0 Å². The Kier molecular flexibility index (Phi) is 6.89. The van der Waals surface area contributed by atoms with Crippen LogP contribution in [-0.4, -0.2) is 35.6 Å². The standard InChI is InChI=1S/C29H38N4O/c1-32(2)24-17-11-14-22(20-24)28-31-25-18-9-10-19-26(25)33(28)27(21-12-5-3-6-13-21)29(34)30-23-15-7-4-8-16-23/h9-11,14,17-21,23,27H,3-8,12-13,15-16H2,1-2H3,(H,30,34). The first kappa shape index (κ1) is 22.9. The topological polar surface area (TPSA) is 50.2 Å². The average Bonchev–Trinajstić information content (AvgIpc) is 3.25. The molecule has 34 heavy (non-hydrogen) atoms. The van der Waals surface area contributed by atoms with Crippen LogP contribution in [0.25, 0.3) is 22.4 Å². The number of nitrogens with zero attached hydrogens (tertiary/aromatic N) is 3. The molecule has 2 fully saturated rings. The van der Waals surface area contributed by atoms with Gasteiger partial charge in [0.25, 0.3) is 0 Å². The van der Waals surface area contributed by atoms with Crippen LogP contribution in [0.3, 0.4) is 0 Å². The molecule has 5 heteroatoms. The van der Waals surface area contributed by atoms with Gasteiger partial charge in [0.1, 0.15) is 11.9 Å². The molecule has 0 bridgehead atoms. The molecule has 1 N–H and O–H groups in total. The van der Waals surface area contributed by atoms with E-state index in [0.717, 1.165) is 53.8 Å². The molecule has 180 valence electrons. The average molecular weight is 459 g/mol. The number of rotatable bonds is 6. The third-order valence-electron chi connectivity index (χ3n) is 7.81. The van der Waals surface area contributed by atoms with Crippen molar-refractivity contribution in [1.82, 2.24) is 14.9 Å². The van der Waals surface area contributed by atoms with Gasteiger partial charge in [0.15, 0.2) is 0 Å². The van der Waals surface area contributed by atoms with E-state index in [2.05, 4.69) is 71.3 Å². The summed E-state index contributed by atoms with van der Waals surface area (Å²) in [4.78, 5) is 21.3. The Morgan fingerprint density at radius 2 is 1.65 bits per heavy atom. The quantitative estimate of drug-likeness (QED) is 0.469. The van der Waals surface area contributed by atoms with Crippen LogP contribution in [0.1, 0.15) is 70.3 Å². The van der Waals surface area contributed by atoms with E-state index in [9.17, 15) is 4.79 Å². The highest BCUT2D eigenvalue weighted by Crippen LogP contribution is 2.39. The molecule has 2 saturated carbocycles. The number of hydrogen-bond donors (Lipinski definition) is 1. The lowest BCUT2D eigenvalue weighted by Crippen LogP contribution is -2.43. The molecule has 2 aliphatic rings. The highest BCUT2D eigenvalue weighted by atomic mass is 16.2. The molecule has 0 aliphatic heterocycles. The van der Waals surface area contributed by atoms with Crippen molar-refractivity contribution in [2.24, 2.45) is 5.92 Å². The van der Waals surface area contributed by atoms with Crippen LogP contribution in [0.4, 0.5) is 5.69 Å². The summed E-state index contributed by atoms with van der Waals surface area (Å²) in [5.74, 6) is 1.43. The molecule has 0 saturated heterocycles. The van der Waals surface area contributed by atoms with Gasteiger partial charge in [0, 0.05) is 31.4 Å². The van der Waals surface area contributed by atoms with Gasteiger partial charge in [0.2, 0.25) is 5.91 Å². The van der Waals surface area contributed by atoms with Crippen LogP contribution in [0.5, 0.6) is 0 Å². The van der Waals surface area contributed by atoms with Crippen molar-refractivity contribution in [3.63, 3.8) is 0 Å². The van der Waals surface area contributed by atoms with E-state index in [1.165, 1.54) is 38.5 Å². The number of imidazole rings is 1. The Balaban J connectivity index is 1.62. The summed E-state index contributed by atoms with van der Waals surface area (Å²) < 4.78 is 2.28. The molecule has 1 amide bonds. The molecule has 1 unspecified atom stereocenters. The van der Waals surface area contributed by atoms with E-state index in [0.29, 0.717) is 12.0 Å². The fourth-order valence-corrected chi connectivity index (χ4v) is 5.98. The van der Waals surface area contributed by atoms with Crippen LogP contribution >= 0.6 is 0 Å². The number of aromatic nitrogens is 2. The highest BCUT2D eigenvalue weighted by Gasteiger charge is 2.35. The van der Waals surface area contributed by atoms with Crippen molar-refractivity contribution in [3.8, 4) is 11.4 Å². The minimum atomic E-state index is -0.229. The maximum atomic E-state index is 14.0. The number of hydrogen-bond acceptors (Lipinski definition) is 3. The predicted molar refractivity (Wildman–Crippen MR) is 140 cm³/mol. The van der Waals surface area contributed by atoms with Crippen molar-refractivity contribution >= 4 is 22.6 Å². The molecule has 0 radical (unpaired) electrons. The van der Waals surface area contributed by atoms with E-state index in [-0.39, 0.29) is 11.9 Å². The summed E-state index contributed by atoms with van der Waals surface area (Å²) >= 11 is 0. The molecule has 5 rings (SSSR count). The Morgan fingerprint density at radius 3 is 2.38 bits per heavy atom. The molecule has 2 aromatic carbocycles. The zero-order valence-electron chi connectivity index (χ0n) is 20.7. The fraction of sp³-hybridized carbons (Fsp3) is 0.517. The minimum absolute atomic E-state index is 0.187. The Bertz CT molecular complexity index is 1120. The van der Waals surface area contributed by atoms with E-state index in [1.807, 2.05) is 6.07 Å². The zero-order chi connectivity index (χ0) is 23.5.